The number of hydrogen-bond acceptors (Lipinski definition) is 6. The van der Waals surface area contributed by atoms with E-state index in [-0.39, 0.29) is 25.4 Å². The van der Waals surface area contributed by atoms with Crippen LogP contribution in [0, 0.1) is 16.7 Å². The highest BCUT2D eigenvalue weighted by Crippen LogP contribution is 2.48. The van der Waals surface area contributed by atoms with Crippen LogP contribution in [-0.4, -0.2) is 49.0 Å². The molecule has 2 aromatic rings. The van der Waals surface area contributed by atoms with Crippen molar-refractivity contribution < 1.29 is 28.6 Å². The summed E-state index contributed by atoms with van der Waals surface area (Å²) in [5, 5.41) is 3.01. The quantitative estimate of drug-likeness (QED) is 0.212. The Labute approximate surface area is 252 Å². The monoisotopic (exact) mass is 582 g/mol. The van der Waals surface area contributed by atoms with E-state index in [4.69, 9.17) is 14.2 Å². The van der Waals surface area contributed by atoms with E-state index in [2.05, 4.69) is 5.32 Å². The number of hydrogen-bond donors (Lipinski definition) is 1. The van der Waals surface area contributed by atoms with Gasteiger partial charge in [-0.3, -0.25) is 14.4 Å². The van der Waals surface area contributed by atoms with E-state index in [0.717, 1.165) is 11.1 Å². The lowest BCUT2D eigenvalue weighted by Crippen LogP contribution is -2.63. The molecule has 0 aliphatic heterocycles. The van der Waals surface area contributed by atoms with Crippen molar-refractivity contribution in [3.63, 3.8) is 0 Å². The lowest BCUT2D eigenvalue weighted by molar-refractivity contribution is -0.185. The van der Waals surface area contributed by atoms with E-state index in [1.807, 2.05) is 63.2 Å². The summed E-state index contributed by atoms with van der Waals surface area (Å²) in [7, 11) is 3.14. The van der Waals surface area contributed by atoms with Gasteiger partial charge in [-0.15, -0.1) is 0 Å². The molecule has 2 aromatic carbocycles. The number of carbonyl (C=O) groups excluding carboxylic acids is 3. The minimum Gasteiger partial charge on any atom is -0.497 e. The van der Waals surface area contributed by atoms with E-state index in [9.17, 15) is 14.4 Å². The molecule has 0 aromatic heterocycles. The third-order valence-corrected chi connectivity index (χ3v) is 7.38. The van der Waals surface area contributed by atoms with E-state index < -0.39 is 34.2 Å². The highest BCUT2D eigenvalue weighted by atomic mass is 16.6. The van der Waals surface area contributed by atoms with Crippen molar-refractivity contribution in [3.05, 3.63) is 59.7 Å². The van der Waals surface area contributed by atoms with Crippen molar-refractivity contribution in [2.75, 3.05) is 20.8 Å². The summed E-state index contributed by atoms with van der Waals surface area (Å²) in [6.45, 7) is 15.3. The number of ether oxygens (including phenoxy) is 3. The first-order valence-electron chi connectivity index (χ1n) is 14.7. The van der Waals surface area contributed by atoms with Crippen LogP contribution in [0.1, 0.15) is 79.4 Å². The maximum atomic E-state index is 15.0. The Bertz CT molecular complexity index is 1200. The zero-order valence-corrected chi connectivity index (χ0v) is 27.1. The van der Waals surface area contributed by atoms with Crippen LogP contribution in [0.2, 0.25) is 0 Å². The van der Waals surface area contributed by atoms with E-state index in [1.165, 1.54) is 0 Å². The Morgan fingerprint density at radius 2 is 1.57 bits per heavy atom. The lowest BCUT2D eigenvalue weighted by Gasteiger charge is -2.46. The molecule has 1 N–H and O–H groups in total. The van der Waals surface area contributed by atoms with E-state index in [1.54, 1.807) is 59.8 Å². The van der Waals surface area contributed by atoms with Gasteiger partial charge in [-0.25, -0.2) is 0 Å². The standard InChI is InChI=1S/C34H50N2O6/c1-11-19-36(23-26-17-18-27(40-9)20-28(26)41-10)30(38)34(21-24(2)3,33(7,8)31(39)42-32(4,5)6)29(37)35-22-25-15-13-12-14-16-25/h12-18,20,24H,11,19,21-23H2,1-10H3,(H,35,37)/t34-/m1/s1. The van der Waals surface area contributed by atoms with Gasteiger partial charge in [0, 0.05) is 31.3 Å². The van der Waals surface area contributed by atoms with Crippen molar-refractivity contribution >= 4 is 17.8 Å². The highest BCUT2D eigenvalue weighted by molar-refractivity contribution is 6.09. The van der Waals surface area contributed by atoms with Crippen molar-refractivity contribution in [2.45, 2.75) is 86.9 Å². The fraction of sp³-hybridized carbons (Fsp3) is 0.559. The second-order valence-corrected chi connectivity index (χ2v) is 12.7. The van der Waals surface area contributed by atoms with Crippen LogP contribution < -0.4 is 14.8 Å². The number of esters is 1. The molecule has 0 spiro atoms. The normalized spacial score (nSPS) is 13.2. The van der Waals surface area contributed by atoms with Gasteiger partial charge in [-0.1, -0.05) is 51.1 Å². The molecule has 8 nitrogen and oxygen atoms in total. The van der Waals surface area contributed by atoms with Gasteiger partial charge in [0.25, 0.3) is 0 Å². The largest absolute Gasteiger partial charge is 0.497 e. The molecule has 2 amide bonds. The fourth-order valence-electron chi connectivity index (χ4n) is 5.19. The number of rotatable bonds is 14. The van der Waals surface area contributed by atoms with Crippen molar-refractivity contribution in [1.82, 2.24) is 10.2 Å². The van der Waals surface area contributed by atoms with Crippen LogP contribution in [0.25, 0.3) is 0 Å². The maximum Gasteiger partial charge on any atom is 0.313 e. The van der Waals surface area contributed by atoms with Gasteiger partial charge >= 0.3 is 5.97 Å². The lowest BCUT2D eigenvalue weighted by atomic mass is 9.60. The maximum absolute atomic E-state index is 15.0. The number of benzene rings is 2. The van der Waals surface area contributed by atoms with Gasteiger partial charge in [0.05, 0.1) is 19.6 Å². The number of nitrogens with zero attached hydrogens (tertiary/aromatic N) is 1. The fourth-order valence-corrected chi connectivity index (χ4v) is 5.19. The predicted molar refractivity (Wildman–Crippen MR) is 165 cm³/mol. The molecule has 0 saturated carbocycles. The first kappa shape index (κ1) is 34.7. The predicted octanol–water partition coefficient (Wildman–Crippen LogP) is 6.16. The summed E-state index contributed by atoms with van der Waals surface area (Å²) in [5.74, 6) is -0.405. The molecule has 0 heterocycles. The van der Waals surface area contributed by atoms with Crippen LogP contribution in [0.15, 0.2) is 48.5 Å². The topological polar surface area (TPSA) is 94.2 Å². The van der Waals surface area contributed by atoms with Crippen LogP contribution in [0.4, 0.5) is 0 Å². The molecule has 0 fully saturated rings. The highest BCUT2D eigenvalue weighted by Gasteiger charge is 2.62. The van der Waals surface area contributed by atoms with Crippen LogP contribution in [-0.2, 0) is 32.2 Å². The summed E-state index contributed by atoms with van der Waals surface area (Å²) >= 11 is 0. The Balaban J connectivity index is 2.71. The minimum atomic E-state index is -1.76. The second-order valence-electron chi connectivity index (χ2n) is 12.7. The molecule has 0 unspecified atom stereocenters. The summed E-state index contributed by atoms with van der Waals surface area (Å²) < 4.78 is 16.8. The summed E-state index contributed by atoms with van der Waals surface area (Å²) in [6, 6.07) is 14.9. The first-order valence-corrected chi connectivity index (χ1v) is 14.7. The van der Waals surface area contributed by atoms with Crippen molar-refractivity contribution in [3.8, 4) is 11.5 Å². The molecule has 0 aliphatic rings. The van der Waals surface area contributed by atoms with Gasteiger partial charge in [0.15, 0.2) is 0 Å². The molecule has 42 heavy (non-hydrogen) atoms. The Hall–Kier alpha value is -3.55. The molecule has 232 valence electrons. The van der Waals surface area contributed by atoms with Crippen LogP contribution in [0.3, 0.4) is 0 Å². The molecular weight excluding hydrogens is 532 g/mol. The van der Waals surface area contributed by atoms with E-state index in [0.29, 0.717) is 24.5 Å². The molecule has 0 bridgehead atoms. The average Bonchev–Trinajstić information content (AvgIpc) is 2.93. The zero-order valence-electron chi connectivity index (χ0n) is 27.1. The molecule has 0 aliphatic carbocycles. The van der Waals surface area contributed by atoms with E-state index >= 15 is 0 Å². The number of methoxy groups -OCH3 is 2. The first-order chi connectivity index (χ1) is 19.6. The molecule has 2 rings (SSSR count). The van der Waals surface area contributed by atoms with Gasteiger partial charge in [0.2, 0.25) is 11.8 Å². The summed E-state index contributed by atoms with van der Waals surface area (Å²) in [5.41, 5.74) is -2.41. The third kappa shape index (κ3) is 8.26. The van der Waals surface area contributed by atoms with Gasteiger partial charge in [-0.2, -0.15) is 0 Å². The number of amides is 2. The zero-order chi connectivity index (χ0) is 31.7. The average molecular weight is 583 g/mol. The third-order valence-electron chi connectivity index (χ3n) is 7.38. The summed E-state index contributed by atoms with van der Waals surface area (Å²) in [6.07, 6.45) is 0.805. The van der Waals surface area contributed by atoms with Crippen molar-refractivity contribution in [1.29, 1.82) is 0 Å². The van der Waals surface area contributed by atoms with Gasteiger partial charge in [0.1, 0.15) is 22.5 Å². The number of nitrogens with one attached hydrogen (secondary N) is 1. The summed E-state index contributed by atoms with van der Waals surface area (Å²) in [4.78, 5) is 45.0. The SMILES string of the molecule is CCCN(Cc1ccc(OC)cc1OC)C(=O)[C@@](CC(C)C)(C(=O)NCc1ccccc1)C(C)(C)C(=O)OC(C)(C)C. The molecule has 1 atom stereocenters. The Morgan fingerprint density at radius 3 is 2.10 bits per heavy atom. The Kier molecular flexibility index (Phi) is 12.0. The van der Waals surface area contributed by atoms with Crippen molar-refractivity contribution in [2.24, 2.45) is 16.7 Å². The van der Waals surface area contributed by atoms with Gasteiger partial charge < -0.3 is 24.4 Å². The second kappa shape index (κ2) is 14.6. The molecule has 0 saturated heterocycles. The number of carbonyl (C=O) groups is 3. The molecule has 8 heteroatoms. The smallest absolute Gasteiger partial charge is 0.313 e. The molecular formula is C34H50N2O6. The molecule has 0 radical (unpaired) electrons. The Morgan fingerprint density at radius 1 is 0.929 bits per heavy atom. The van der Waals surface area contributed by atoms with Crippen LogP contribution in [0.5, 0.6) is 11.5 Å². The van der Waals surface area contributed by atoms with Gasteiger partial charge in [-0.05, 0) is 71.1 Å². The van der Waals surface area contributed by atoms with Crippen LogP contribution >= 0.6 is 0 Å². The minimum absolute atomic E-state index is 0.0860.